The maximum Gasteiger partial charge on any atom is 0.271 e. The van der Waals surface area contributed by atoms with Gasteiger partial charge in [0.05, 0.1) is 6.21 Å². The van der Waals surface area contributed by atoms with Crippen LogP contribution in [-0.4, -0.2) is 17.1 Å². The Kier molecular flexibility index (Phi) is 5.72. The van der Waals surface area contributed by atoms with Gasteiger partial charge in [0.15, 0.2) is 0 Å². The highest BCUT2D eigenvalue weighted by molar-refractivity contribution is 5.94. The molecular weight excluding hydrogens is 326 g/mol. The Morgan fingerprint density at radius 2 is 1.73 bits per heavy atom. The van der Waals surface area contributed by atoms with Crippen molar-refractivity contribution in [3.8, 4) is 5.75 Å². The maximum absolute atomic E-state index is 11.9. The van der Waals surface area contributed by atoms with E-state index in [-0.39, 0.29) is 12.0 Å². The summed E-state index contributed by atoms with van der Waals surface area (Å²) in [5.74, 6) is 0.500. The Labute approximate surface area is 152 Å². The van der Waals surface area contributed by atoms with Gasteiger partial charge in [-0.25, -0.2) is 5.43 Å². The Morgan fingerprint density at radius 3 is 2.42 bits per heavy atom. The van der Waals surface area contributed by atoms with E-state index in [0.29, 0.717) is 5.56 Å². The fraction of sp³-hybridized carbons (Fsp3) is 0.0952. The minimum Gasteiger partial charge on any atom is -0.486 e. The molecule has 1 aromatic heterocycles. The van der Waals surface area contributed by atoms with Crippen LogP contribution in [0.15, 0.2) is 84.2 Å². The molecule has 0 aliphatic rings. The molecule has 0 bridgehead atoms. The van der Waals surface area contributed by atoms with Gasteiger partial charge in [-0.3, -0.25) is 9.78 Å². The van der Waals surface area contributed by atoms with E-state index < -0.39 is 0 Å². The molecule has 0 unspecified atom stereocenters. The summed E-state index contributed by atoms with van der Waals surface area (Å²) < 4.78 is 5.94. The summed E-state index contributed by atoms with van der Waals surface area (Å²) in [5.41, 5.74) is 4.98. The van der Waals surface area contributed by atoms with Crippen molar-refractivity contribution in [2.45, 2.75) is 13.0 Å². The highest BCUT2D eigenvalue weighted by Gasteiger charge is 2.06. The van der Waals surface area contributed by atoms with Crippen molar-refractivity contribution in [3.05, 3.63) is 95.8 Å². The van der Waals surface area contributed by atoms with Gasteiger partial charge in [0.2, 0.25) is 0 Å². The van der Waals surface area contributed by atoms with Crippen LogP contribution in [-0.2, 0) is 0 Å². The van der Waals surface area contributed by atoms with E-state index in [9.17, 15) is 4.79 Å². The normalized spacial score (nSPS) is 11.9. The predicted octanol–water partition coefficient (Wildman–Crippen LogP) is 3.99. The Balaban J connectivity index is 1.55. The second-order valence-corrected chi connectivity index (χ2v) is 5.67. The molecule has 0 aliphatic carbocycles. The van der Waals surface area contributed by atoms with E-state index in [1.54, 1.807) is 30.7 Å². The molecule has 3 rings (SSSR count). The van der Waals surface area contributed by atoms with Gasteiger partial charge in [0, 0.05) is 18.0 Å². The fourth-order valence-electron chi connectivity index (χ4n) is 2.36. The second-order valence-electron chi connectivity index (χ2n) is 5.67. The van der Waals surface area contributed by atoms with Gasteiger partial charge in [-0.05, 0) is 54.4 Å². The zero-order chi connectivity index (χ0) is 18.2. The lowest BCUT2D eigenvalue weighted by Crippen LogP contribution is -2.17. The highest BCUT2D eigenvalue weighted by atomic mass is 16.5. The summed E-state index contributed by atoms with van der Waals surface area (Å²) >= 11 is 0. The molecule has 130 valence electrons. The third-order valence-electron chi connectivity index (χ3n) is 3.78. The number of ether oxygens (including phenoxy) is 1. The van der Waals surface area contributed by atoms with Crippen LogP contribution in [0.5, 0.6) is 5.75 Å². The highest BCUT2D eigenvalue weighted by Crippen LogP contribution is 2.21. The molecule has 1 N–H and O–H groups in total. The van der Waals surface area contributed by atoms with E-state index in [1.807, 2.05) is 61.5 Å². The summed E-state index contributed by atoms with van der Waals surface area (Å²) in [6.45, 7) is 2.01. The van der Waals surface area contributed by atoms with Gasteiger partial charge in [-0.15, -0.1) is 0 Å². The number of nitrogens with one attached hydrogen (secondary N) is 1. The standard InChI is InChI=1S/C21H19N3O2/c1-16(18-5-3-2-4-6-18)26-20-9-7-17(8-10-20)15-23-24-21(25)19-11-13-22-14-12-19/h2-16H,1H3,(H,24,25)/b23-15-/t16-/m1/s1. The molecule has 1 atom stereocenters. The summed E-state index contributed by atoms with van der Waals surface area (Å²) in [6.07, 6.45) is 4.68. The van der Waals surface area contributed by atoms with Crippen LogP contribution in [0.1, 0.15) is 34.5 Å². The summed E-state index contributed by atoms with van der Waals surface area (Å²) in [5, 5.41) is 3.97. The van der Waals surface area contributed by atoms with Gasteiger partial charge >= 0.3 is 0 Å². The largest absolute Gasteiger partial charge is 0.486 e. The second kappa shape index (κ2) is 8.58. The molecule has 0 fully saturated rings. The first kappa shape index (κ1) is 17.4. The van der Waals surface area contributed by atoms with Gasteiger partial charge in [-0.2, -0.15) is 5.10 Å². The minimum atomic E-state index is -0.278. The molecule has 1 heterocycles. The van der Waals surface area contributed by atoms with Crippen molar-refractivity contribution in [2.24, 2.45) is 5.10 Å². The number of amides is 1. The first-order chi connectivity index (χ1) is 12.7. The fourth-order valence-corrected chi connectivity index (χ4v) is 2.36. The summed E-state index contributed by atoms with van der Waals surface area (Å²) in [7, 11) is 0. The minimum absolute atomic E-state index is 0.0321. The molecule has 3 aromatic rings. The van der Waals surface area contributed by atoms with E-state index in [1.165, 1.54) is 0 Å². The molecule has 5 heteroatoms. The lowest BCUT2D eigenvalue weighted by Gasteiger charge is -2.15. The molecule has 0 spiro atoms. The van der Waals surface area contributed by atoms with E-state index >= 15 is 0 Å². The number of hydrogen-bond donors (Lipinski definition) is 1. The number of hydrogen-bond acceptors (Lipinski definition) is 4. The molecule has 0 saturated carbocycles. The van der Waals surface area contributed by atoms with E-state index in [2.05, 4.69) is 15.5 Å². The van der Waals surface area contributed by atoms with E-state index in [4.69, 9.17) is 4.74 Å². The van der Waals surface area contributed by atoms with Gasteiger partial charge in [0.25, 0.3) is 5.91 Å². The summed E-state index contributed by atoms with van der Waals surface area (Å²) in [4.78, 5) is 15.7. The first-order valence-electron chi connectivity index (χ1n) is 8.27. The third kappa shape index (κ3) is 4.77. The number of rotatable bonds is 6. The first-order valence-corrected chi connectivity index (χ1v) is 8.27. The quantitative estimate of drug-likeness (QED) is 0.543. The monoisotopic (exact) mass is 345 g/mol. The Hall–Kier alpha value is -3.47. The summed E-state index contributed by atoms with van der Waals surface area (Å²) in [6, 6.07) is 20.8. The van der Waals surface area contributed by atoms with Gasteiger partial charge in [0.1, 0.15) is 11.9 Å². The lowest BCUT2D eigenvalue weighted by molar-refractivity contribution is 0.0955. The molecular formula is C21H19N3O2. The lowest BCUT2D eigenvalue weighted by atomic mass is 10.1. The Morgan fingerprint density at radius 1 is 1.04 bits per heavy atom. The zero-order valence-electron chi connectivity index (χ0n) is 14.4. The van der Waals surface area contributed by atoms with Crippen molar-refractivity contribution in [1.29, 1.82) is 0 Å². The number of benzene rings is 2. The van der Waals surface area contributed by atoms with Crippen molar-refractivity contribution >= 4 is 12.1 Å². The number of carbonyl (C=O) groups is 1. The van der Waals surface area contributed by atoms with Crippen LogP contribution in [0.3, 0.4) is 0 Å². The van der Waals surface area contributed by atoms with Crippen molar-refractivity contribution < 1.29 is 9.53 Å². The van der Waals surface area contributed by atoms with Crippen LogP contribution in [0.25, 0.3) is 0 Å². The average Bonchev–Trinajstić information content (AvgIpc) is 2.70. The number of carbonyl (C=O) groups excluding carboxylic acids is 1. The van der Waals surface area contributed by atoms with Crippen molar-refractivity contribution in [2.75, 3.05) is 0 Å². The number of hydrazone groups is 1. The molecule has 0 aliphatic heterocycles. The molecule has 2 aromatic carbocycles. The smallest absolute Gasteiger partial charge is 0.271 e. The van der Waals surface area contributed by atoms with E-state index in [0.717, 1.165) is 16.9 Å². The molecule has 0 radical (unpaired) electrons. The maximum atomic E-state index is 11.9. The average molecular weight is 345 g/mol. The molecule has 1 amide bonds. The van der Waals surface area contributed by atoms with Gasteiger partial charge in [-0.1, -0.05) is 30.3 Å². The van der Waals surface area contributed by atoms with Crippen LogP contribution >= 0.6 is 0 Å². The Bertz CT molecular complexity index is 863. The topological polar surface area (TPSA) is 63.6 Å². The van der Waals surface area contributed by atoms with Crippen molar-refractivity contribution in [1.82, 2.24) is 10.4 Å². The molecule has 5 nitrogen and oxygen atoms in total. The SMILES string of the molecule is C[C@@H](Oc1ccc(/C=N\NC(=O)c2ccncc2)cc1)c1ccccc1. The number of aromatic nitrogens is 1. The van der Waals surface area contributed by atoms with Crippen LogP contribution in [0.2, 0.25) is 0 Å². The van der Waals surface area contributed by atoms with Crippen LogP contribution in [0.4, 0.5) is 0 Å². The van der Waals surface area contributed by atoms with Crippen LogP contribution in [0, 0.1) is 0 Å². The van der Waals surface area contributed by atoms with Crippen molar-refractivity contribution in [3.63, 3.8) is 0 Å². The number of nitrogens with zero attached hydrogens (tertiary/aromatic N) is 2. The molecule has 0 saturated heterocycles. The third-order valence-corrected chi connectivity index (χ3v) is 3.78. The van der Waals surface area contributed by atoms with Gasteiger partial charge < -0.3 is 4.74 Å². The van der Waals surface area contributed by atoms with Crippen LogP contribution < -0.4 is 10.2 Å². The number of pyridine rings is 1. The molecule has 26 heavy (non-hydrogen) atoms. The zero-order valence-corrected chi connectivity index (χ0v) is 14.4. The predicted molar refractivity (Wildman–Crippen MR) is 101 cm³/mol.